The third-order valence-corrected chi connectivity index (χ3v) is 3.85. The monoisotopic (exact) mass is 329 g/mol. The first-order valence-electron chi connectivity index (χ1n) is 7.67. The molecule has 2 aromatic rings. The highest BCUT2D eigenvalue weighted by Crippen LogP contribution is 2.13. The first-order valence-corrected chi connectivity index (χ1v) is 7.67. The van der Waals surface area contributed by atoms with Crippen molar-refractivity contribution in [2.24, 2.45) is 0 Å². The Balaban J connectivity index is 1.56. The van der Waals surface area contributed by atoms with E-state index >= 15 is 0 Å². The summed E-state index contributed by atoms with van der Waals surface area (Å²) in [5.74, 6) is 1.62. The molecule has 1 aliphatic heterocycles. The van der Waals surface area contributed by atoms with E-state index in [9.17, 15) is 9.59 Å². The fourth-order valence-electron chi connectivity index (χ4n) is 2.61. The van der Waals surface area contributed by atoms with Gasteiger partial charge in [-0.1, -0.05) is 6.07 Å². The highest BCUT2D eigenvalue weighted by Gasteiger charge is 2.23. The van der Waals surface area contributed by atoms with E-state index in [0.717, 1.165) is 5.82 Å². The van der Waals surface area contributed by atoms with Crippen LogP contribution in [0.4, 0.5) is 0 Å². The second-order valence-electron chi connectivity index (χ2n) is 5.53. The van der Waals surface area contributed by atoms with Gasteiger partial charge >= 0.3 is 0 Å². The van der Waals surface area contributed by atoms with E-state index in [1.54, 1.807) is 29.2 Å². The van der Waals surface area contributed by atoms with E-state index in [2.05, 4.69) is 15.4 Å². The van der Waals surface area contributed by atoms with E-state index < -0.39 is 0 Å². The predicted molar refractivity (Wildman–Crippen MR) is 85.5 cm³/mol. The van der Waals surface area contributed by atoms with E-state index in [0.29, 0.717) is 36.8 Å². The molecule has 0 spiro atoms. The van der Waals surface area contributed by atoms with Crippen molar-refractivity contribution in [2.45, 2.75) is 20.0 Å². The number of methoxy groups -OCH3 is 1. The standard InChI is InChI=1S/C16H19N5O3/c1-11-18-14-10-20(6-7-21(14)19-11)15(22)9-17-16(23)12-4-3-5-13(8-12)24-2/h3-5,8H,6-7,9-10H2,1-2H3,(H,17,23). The number of amides is 2. The molecule has 8 heteroatoms. The van der Waals surface area contributed by atoms with Crippen molar-refractivity contribution in [1.29, 1.82) is 0 Å². The summed E-state index contributed by atoms with van der Waals surface area (Å²) >= 11 is 0. The summed E-state index contributed by atoms with van der Waals surface area (Å²) in [6, 6.07) is 6.80. The van der Waals surface area contributed by atoms with Crippen LogP contribution in [-0.2, 0) is 17.9 Å². The zero-order valence-electron chi connectivity index (χ0n) is 13.7. The Morgan fingerprint density at radius 1 is 1.33 bits per heavy atom. The van der Waals surface area contributed by atoms with Gasteiger partial charge in [0.2, 0.25) is 5.91 Å². The molecule has 3 rings (SSSR count). The predicted octanol–water partition coefficient (Wildman–Crippen LogP) is 0.367. The molecule has 0 saturated heterocycles. The fraction of sp³-hybridized carbons (Fsp3) is 0.375. The number of ether oxygens (including phenoxy) is 1. The van der Waals surface area contributed by atoms with Crippen LogP contribution in [0.1, 0.15) is 22.0 Å². The Labute approximate surface area is 139 Å². The molecule has 2 amide bonds. The van der Waals surface area contributed by atoms with Crippen LogP contribution in [0.25, 0.3) is 0 Å². The van der Waals surface area contributed by atoms with Crippen molar-refractivity contribution in [2.75, 3.05) is 20.2 Å². The van der Waals surface area contributed by atoms with Crippen LogP contribution in [0.5, 0.6) is 5.75 Å². The maximum absolute atomic E-state index is 12.3. The van der Waals surface area contributed by atoms with Gasteiger partial charge in [-0.2, -0.15) is 5.10 Å². The Morgan fingerprint density at radius 2 is 2.17 bits per heavy atom. The number of fused-ring (bicyclic) bond motifs is 1. The van der Waals surface area contributed by atoms with Crippen LogP contribution in [0.15, 0.2) is 24.3 Å². The Hall–Kier alpha value is -2.90. The van der Waals surface area contributed by atoms with Gasteiger partial charge in [0.25, 0.3) is 5.91 Å². The van der Waals surface area contributed by atoms with Gasteiger partial charge in [0, 0.05) is 12.1 Å². The largest absolute Gasteiger partial charge is 0.497 e. The summed E-state index contributed by atoms with van der Waals surface area (Å²) in [7, 11) is 1.54. The first kappa shape index (κ1) is 16.0. The lowest BCUT2D eigenvalue weighted by Gasteiger charge is -2.26. The summed E-state index contributed by atoms with van der Waals surface area (Å²) in [5, 5.41) is 6.91. The quantitative estimate of drug-likeness (QED) is 0.875. The van der Waals surface area contributed by atoms with E-state index in [-0.39, 0.29) is 18.4 Å². The summed E-state index contributed by atoms with van der Waals surface area (Å²) in [5.41, 5.74) is 0.455. The Kier molecular flexibility index (Phi) is 4.45. The van der Waals surface area contributed by atoms with Gasteiger partial charge in [0.1, 0.15) is 17.4 Å². The zero-order chi connectivity index (χ0) is 17.1. The minimum absolute atomic E-state index is 0.0524. The lowest BCUT2D eigenvalue weighted by molar-refractivity contribution is -0.131. The third-order valence-electron chi connectivity index (χ3n) is 3.85. The summed E-state index contributed by atoms with van der Waals surface area (Å²) < 4.78 is 6.90. The second kappa shape index (κ2) is 6.69. The third kappa shape index (κ3) is 3.37. The number of carbonyl (C=O) groups is 2. The Morgan fingerprint density at radius 3 is 2.96 bits per heavy atom. The Bertz CT molecular complexity index is 771. The number of rotatable bonds is 4. The molecule has 0 atom stereocenters. The number of carbonyl (C=O) groups excluding carboxylic acids is 2. The lowest BCUT2D eigenvalue weighted by atomic mass is 10.2. The van der Waals surface area contributed by atoms with Gasteiger partial charge in [-0.15, -0.1) is 0 Å². The molecule has 1 aliphatic rings. The highest BCUT2D eigenvalue weighted by molar-refractivity contribution is 5.96. The molecule has 126 valence electrons. The number of hydrogen-bond acceptors (Lipinski definition) is 5. The molecule has 1 aromatic heterocycles. The molecular weight excluding hydrogens is 310 g/mol. The van der Waals surface area contributed by atoms with Crippen LogP contribution < -0.4 is 10.1 Å². The van der Waals surface area contributed by atoms with Crippen molar-refractivity contribution < 1.29 is 14.3 Å². The van der Waals surface area contributed by atoms with Crippen LogP contribution in [0.2, 0.25) is 0 Å². The van der Waals surface area contributed by atoms with Crippen LogP contribution in [0.3, 0.4) is 0 Å². The molecule has 0 aliphatic carbocycles. The van der Waals surface area contributed by atoms with Crippen molar-refractivity contribution in [3.8, 4) is 5.75 Å². The highest BCUT2D eigenvalue weighted by atomic mass is 16.5. The zero-order valence-corrected chi connectivity index (χ0v) is 13.7. The lowest BCUT2D eigenvalue weighted by Crippen LogP contribution is -2.44. The fourth-order valence-corrected chi connectivity index (χ4v) is 2.61. The number of hydrogen-bond donors (Lipinski definition) is 1. The molecule has 0 fully saturated rings. The molecule has 1 N–H and O–H groups in total. The number of benzene rings is 1. The number of aryl methyl sites for hydroxylation is 1. The van der Waals surface area contributed by atoms with Crippen LogP contribution >= 0.6 is 0 Å². The van der Waals surface area contributed by atoms with Crippen molar-refractivity contribution in [1.82, 2.24) is 25.0 Å². The van der Waals surface area contributed by atoms with Gasteiger partial charge in [-0.25, -0.2) is 9.67 Å². The normalized spacial score (nSPS) is 13.3. The van der Waals surface area contributed by atoms with Gasteiger partial charge in [0.05, 0.1) is 26.7 Å². The van der Waals surface area contributed by atoms with Gasteiger partial charge in [-0.05, 0) is 25.1 Å². The molecule has 0 saturated carbocycles. The van der Waals surface area contributed by atoms with Crippen molar-refractivity contribution in [3.63, 3.8) is 0 Å². The molecule has 0 unspecified atom stereocenters. The minimum atomic E-state index is -0.307. The van der Waals surface area contributed by atoms with Crippen LogP contribution in [0, 0.1) is 6.92 Å². The maximum Gasteiger partial charge on any atom is 0.251 e. The molecular formula is C16H19N5O3. The van der Waals surface area contributed by atoms with E-state index in [1.807, 2.05) is 11.6 Å². The maximum atomic E-state index is 12.3. The van der Waals surface area contributed by atoms with Crippen molar-refractivity contribution in [3.05, 3.63) is 41.5 Å². The number of nitrogens with zero attached hydrogens (tertiary/aromatic N) is 4. The molecule has 0 bridgehead atoms. The van der Waals surface area contributed by atoms with Gasteiger partial charge in [0.15, 0.2) is 0 Å². The smallest absolute Gasteiger partial charge is 0.251 e. The van der Waals surface area contributed by atoms with Gasteiger partial charge in [-0.3, -0.25) is 9.59 Å². The summed E-state index contributed by atoms with van der Waals surface area (Å²) in [6.07, 6.45) is 0. The summed E-state index contributed by atoms with van der Waals surface area (Å²) in [6.45, 7) is 3.36. The molecule has 24 heavy (non-hydrogen) atoms. The van der Waals surface area contributed by atoms with E-state index in [4.69, 9.17) is 4.74 Å². The molecule has 2 heterocycles. The van der Waals surface area contributed by atoms with Crippen molar-refractivity contribution >= 4 is 11.8 Å². The molecule has 0 radical (unpaired) electrons. The SMILES string of the molecule is COc1cccc(C(=O)NCC(=O)N2CCn3nc(C)nc3C2)c1. The molecule has 8 nitrogen and oxygen atoms in total. The minimum Gasteiger partial charge on any atom is -0.497 e. The average molecular weight is 329 g/mol. The second-order valence-corrected chi connectivity index (χ2v) is 5.53. The summed E-state index contributed by atoms with van der Waals surface area (Å²) in [4.78, 5) is 30.4. The molecule has 1 aromatic carbocycles. The van der Waals surface area contributed by atoms with E-state index in [1.165, 1.54) is 7.11 Å². The van der Waals surface area contributed by atoms with Gasteiger partial charge < -0.3 is 15.0 Å². The number of aromatic nitrogens is 3. The number of nitrogens with one attached hydrogen (secondary N) is 1. The average Bonchev–Trinajstić information content (AvgIpc) is 2.98. The first-order chi connectivity index (χ1) is 11.6. The van der Waals surface area contributed by atoms with Crippen LogP contribution in [-0.4, -0.2) is 51.7 Å². The topological polar surface area (TPSA) is 89.4 Å².